The van der Waals surface area contributed by atoms with Gasteiger partial charge in [0.25, 0.3) is 0 Å². The molecule has 0 amide bonds. The lowest BCUT2D eigenvalue weighted by Gasteiger charge is -2.40. The monoisotopic (exact) mass is 618 g/mol. The Morgan fingerprint density at radius 3 is 2.43 bits per heavy atom. The number of aromatic nitrogens is 2. The van der Waals surface area contributed by atoms with Crippen molar-refractivity contribution < 1.29 is 9.47 Å². The van der Waals surface area contributed by atoms with Crippen molar-refractivity contribution in [2.75, 3.05) is 24.4 Å². The van der Waals surface area contributed by atoms with E-state index in [2.05, 4.69) is 57.3 Å². The molecular weight excluding hydrogens is 592 g/mol. The molecule has 8 nitrogen and oxygen atoms in total. The fourth-order valence-electron chi connectivity index (χ4n) is 5.57. The van der Waals surface area contributed by atoms with Crippen LogP contribution in [0, 0.1) is 6.92 Å². The Bertz CT molecular complexity index is 1880. The Morgan fingerprint density at radius 2 is 1.64 bits per heavy atom. The Balaban J connectivity index is 1.48. The van der Waals surface area contributed by atoms with E-state index in [4.69, 9.17) is 24.6 Å². The highest BCUT2D eigenvalue weighted by Crippen LogP contribution is 2.48. The molecule has 208 valence electrons. The maximum absolute atomic E-state index is 5.70. The molecule has 1 atom stereocenters. The van der Waals surface area contributed by atoms with Crippen molar-refractivity contribution in [2.24, 2.45) is 9.98 Å². The van der Waals surface area contributed by atoms with Gasteiger partial charge >= 0.3 is 0 Å². The predicted octanol–water partition coefficient (Wildman–Crippen LogP) is 7.76. The van der Waals surface area contributed by atoms with Gasteiger partial charge in [-0.1, -0.05) is 58.4 Å². The molecule has 1 aromatic heterocycles. The standard InChI is InChI=1S/C33H27BrN6O2/c1-20-29-30(21-10-9-11-22(34)18-21)39-27-15-8-7-14-25(27)35-31(36-26-17-16-24(41-2)19-28(26)42-3)33(39)37-32(29)40(38-20)23-12-5-4-6-13-23/h4-19,30H,1-3H3,(H,35,36)/t30-/m0/s1. The van der Waals surface area contributed by atoms with Crippen molar-refractivity contribution in [1.82, 2.24) is 9.78 Å². The molecule has 1 N–H and O–H groups in total. The highest BCUT2D eigenvalue weighted by atomic mass is 79.9. The second-order valence-electron chi connectivity index (χ2n) is 9.97. The highest BCUT2D eigenvalue weighted by molar-refractivity contribution is 9.10. The number of rotatable bonds is 5. The molecule has 0 spiro atoms. The van der Waals surface area contributed by atoms with Gasteiger partial charge in [0, 0.05) is 16.1 Å². The third-order valence-corrected chi connectivity index (χ3v) is 7.96. The van der Waals surface area contributed by atoms with Gasteiger partial charge in [-0.25, -0.2) is 14.7 Å². The van der Waals surface area contributed by atoms with Crippen LogP contribution in [-0.2, 0) is 0 Å². The second-order valence-corrected chi connectivity index (χ2v) is 10.9. The number of ether oxygens (including phenoxy) is 2. The molecule has 0 bridgehead atoms. The number of amidine groups is 2. The maximum atomic E-state index is 5.70. The molecule has 0 saturated carbocycles. The molecule has 2 aliphatic heterocycles. The van der Waals surface area contributed by atoms with Gasteiger partial charge in [0.2, 0.25) is 0 Å². The van der Waals surface area contributed by atoms with E-state index in [9.17, 15) is 0 Å². The summed E-state index contributed by atoms with van der Waals surface area (Å²) in [6.07, 6.45) is 0. The zero-order valence-corrected chi connectivity index (χ0v) is 24.8. The fraction of sp³-hybridized carbons (Fsp3) is 0.121. The van der Waals surface area contributed by atoms with Crippen LogP contribution in [0.5, 0.6) is 11.5 Å². The van der Waals surface area contributed by atoms with Crippen molar-refractivity contribution in [3.8, 4) is 17.2 Å². The van der Waals surface area contributed by atoms with Crippen LogP contribution in [0.25, 0.3) is 5.69 Å². The largest absolute Gasteiger partial charge is 0.497 e. The van der Waals surface area contributed by atoms with Crippen molar-refractivity contribution in [3.05, 3.63) is 118 Å². The van der Waals surface area contributed by atoms with Gasteiger partial charge in [-0.2, -0.15) is 5.10 Å². The van der Waals surface area contributed by atoms with Gasteiger partial charge in [0.15, 0.2) is 17.5 Å². The van der Waals surface area contributed by atoms with Crippen LogP contribution in [-0.4, -0.2) is 35.7 Å². The Hall–Kier alpha value is -4.89. The summed E-state index contributed by atoms with van der Waals surface area (Å²) in [4.78, 5) is 12.6. The van der Waals surface area contributed by atoms with Crippen molar-refractivity contribution in [2.45, 2.75) is 13.0 Å². The average Bonchev–Trinajstić information content (AvgIpc) is 3.36. The van der Waals surface area contributed by atoms with Gasteiger partial charge in [0.1, 0.15) is 11.5 Å². The first-order valence-corrected chi connectivity index (χ1v) is 14.3. The van der Waals surface area contributed by atoms with Crippen LogP contribution in [0.1, 0.15) is 22.9 Å². The minimum absolute atomic E-state index is 0.214. The van der Waals surface area contributed by atoms with Crippen LogP contribution in [0.3, 0.4) is 0 Å². The van der Waals surface area contributed by atoms with Gasteiger partial charge in [-0.05, 0) is 61.0 Å². The number of nitrogens with zero attached hydrogens (tertiary/aromatic N) is 5. The zero-order valence-electron chi connectivity index (χ0n) is 23.2. The van der Waals surface area contributed by atoms with E-state index in [1.54, 1.807) is 14.2 Å². The highest BCUT2D eigenvalue weighted by Gasteiger charge is 2.41. The van der Waals surface area contributed by atoms with Crippen LogP contribution in [0.15, 0.2) is 112 Å². The molecule has 0 saturated heterocycles. The number of para-hydroxylation sites is 3. The van der Waals surface area contributed by atoms with E-state index < -0.39 is 0 Å². The van der Waals surface area contributed by atoms with E-state index in [1.165, 1.54) is 0 Å². The lowest BCUT2D eigenvalue weighted by atomic mass is 9.93. The van der Waals surface area contributed by atoms with E-state index >= 15 is 0 Å². The number of hydrogen-bond donors (Lipinski definition) is 1. The molecular formula is C33H27BrN6O2. The Labute approximate surface area is 252 Å². The normalized spacial score (nSPS) is 15.1. The number of fused-ring (bicyclic) bond motifs is 4. The number of methoxy groups -OCH3 is 2. The quantitative estimate of drug-likeness (QED) is 0.218. The molecule has 3 heterocycles. The zero-order chi connectivity index (χ0) is 28.8. The average molecular weight is 620 g/mol. The van der Waals surface area contributed by atoms with Gasteiger partial charge < -0.3 is 19.7 Å². The van der Waals surface area contributed by atoms with E-state index in [1.807, 2.05) is 77.5 Å². The number of aryl methyl sites for hydroxylation is 1. The number of aliphatic imine (C=N–C) groups is 2. The second kappa shape index (κ2) is 10.5. The summed E-state index contributed by atoms with van der Waals surface area (Å²) in [7, 11) is 3.27. The third-order valence-electron chi connectivity index (χ3n) is 7.47. The smallest absolute Gasteiger partial charge is 0.179 e. The molecule has 4 aromatic carbocycles. The topological polar surface area (TPSA) is 76.3 Å². The fourth-order valence-corrected chi connectivity index (χ4v) is 5.99. The molecule has 7 rings (SSSR count). The number of nitrogens with one attached hydrogen (secondary N) is 1. The number of hydrogen-bond acceptors (Lipinski definition) is 7. The summed E-state index contributed by atoms with van der Waals surface area (Å²) in [5, 5.41) is 8.54. The molecule has 2 aliphatic rings. The molecule has 42 heavy (non-hydrogen) atoms. The first kappa shape index (κ1) is 26.0. The number of halogens is 1. The molecule has 0 aliphatic carbocycles. The number of benzene rings is 4. The maximum Gasteiger partial charge on any atom is 0.179 e. The molecule has 0 fully saturated rings. The molecule has 9 heteroatoms. The lowest BCUT2D eigenvalue weighted by molar-refractivity contribution is 0.395. The Morgan fingerprint density at radius 1 is 0.833 bits per heavy atom. The minimum Gasteiger partial charge on any atom is -0.497 e. The third kappa shape index (κ3) is 4.33. The number of anilines is 2. The summed E-state index contributed by atoms with van der Waals surface area (Å²) < 4.78 is 14.0. The SMILES string of the molecule is COc1ccc(NC2=Nc3ccccc3N3C2=Nc2c(c(C)nn2-c2ccccc2)[C@@H]3c2cccc(Br)c2)c(OC)c1. The van der Waals surface area contributed by atoms with Gasteiger partial charge in [-0.3, -0.25) is 0 Å². The molecule has 0 radical (unpaired) electrons. The van der Waals surface area contributed by atoms with Crippen molar-refractivity contribution in [1.29, 1.82) is 0 Å². The van der Waals surface area contributed by atoms with Crippen LogP contribution >= 0.6 is 15.9 Å². The summed E-state index contributed by atoms with van der Waals surface area (Å²) in [5.41, 5.74) is 6.54. The lowest BCUT2D eigenvalue weighted by Crippen LogP contribution is -2.46. The first-order valence-electron chi connectivity index (χ1n) is 13.5. The van der Waals surface area contributed by atoms with Gasteiger partial charge in [0.05, 0.1) is 48.7 Å². The summed E-state index contributed by atoms with van der Waals surface area (Å²) >= 11 is 3.70. The first-order chi connectivity index (χ1) is 20.6. The van der Waals surface area contributed by atoms with Crippen molar-refractivity contribution in [3.63, 3.8) is 0 Å². The van der Waals surface area contributed by atoms with E-state index in [0.717, 1.165) is 49.9 Å². The summed E-state index contributed by atoms with van der Waals surface area (Å²) in [6.45, 7) is 2.05. The molecule has 5 aromatic rings. The van der Waals surface area contributed by atoms with E-state index in [0.29, 0.717) is 23.2 Å². The van der Waals surface area contributed by atoms with Crippen LogP contribution in [0.4, 0.5) is 22.9 Å². The van der Waals surface area contributed by atoms with E-state index in [-0.39, 0.29) is 6.04 Å². The van der Waals surface area contributed by atoms with Crippen molar-refractivity contribution >= 4 is 50.5 Å². The minimum atomic E-state index is -0.214. The van der Waals surface area contributed by atoms with Crippen LogP contribution < -0.4 is 19.7 Å². The molecule has 0 unspecified atom stereocenters. The predicted molar refractivity (Wildman–Crippen MR) is 171 cm³/mol. The van der Waals surface area contributed by atoms with Gasteiger partial charge in [-0.15, -0.1) is 0 Å². The Kier molecular flexibility index (Phi) is 6.51. The van der Waals surface area contributed by atoms with Crippen LogP contribution in [0.2, 0.25) is 0 Å². The summed E-state index contributed by atoms with van der Waals surface area (Å²) in [6, 6.07) is 32.1. The summed E-state index contributed by atoms with van der Waals surface area (Å²) in [5.74, 6) is 3.38.